The zero-order valence-electron chi connectivity index (χ0n) is 84.1. The van der Waals surface area contributed by atoms with Crippen molar-refractivity contribution in [3.63, 3.8) is 0 Å². The molecule has 5 aliphatic heterocycles. The number of allylic oxidation sites excluding steroid dienone is 10. The molecule has 0 saturated carbocycles. The van der Waals surface area contributed by atoms with Crippen LogP contribution in [0.5, 0.6) is 28.7 Å². The van der Waals surface area contributed by atoms with Gasteiger partial charge < -0.3 is 23.7 Å². The Kier molecular flexibility index (Phi) is 29.3. The van der Waals surface area contributed by atoms with Gasteiger partial charge in [-0.05, 0) is 253 Å². The molecule has 15 heteroatoms. The fourth-order valence-corrected chi connectivity index (χ4v) is 36.8. The van der Waals surface area contributed by atoms with E-state index >= 15 is 0 Å². The highest BCUT2D eigenvalue weighted by Gasteiger charge is 2.47. The lowest BCUT2D eigenvalue weighted by atomic mass is 9.84. The molecule has 6 unspecified atom stereocenters. The Morgan fingerprint density at radius 3 is 0.807 bits per heavy atom. The Morgan fingerprint density at radius 1 is 0.227 bits per heavy atom. The Hall–Kier alpha value is -13.9. The summed E-state index contributed by atoms with van der Waals surface area (Å²) in [6.45, 7) is 0. The van der Waals surface area contributed by atoms with Gasteiger partial charge in [0.25, 0.3) is 0 Å². The number of esters is 5. The number of rotatable bonds is 15. The predicted molar refractivity (Wildman–Crippen MR) is 625 cm³/mol. The quantitative estimate of drug-likeness (QED) is 0.0423. The number of benzene rings is 17. The van der Waals surface area contributed by atoms with E-state index in [-0.39, 0.29) is 65.4 Å². The first kappa shape index (κ1) is 98.1. The lowest BCUT2D eigenvalue weighted by molar-refractivity contribution is -0.137. The van der Waals surface area contributed by atoms with Crippen molar-refractivity contribution >= 4 is 171 Å². The number of carbonyl (C=O) groups is 5. The van der Waals surface area contributed by atoms with Crippen molar-refractivity contribution in [2.24, 2.45) is 11.8 Å². The van der Waals surface area contributed by atoms with E-state index < -0.39 is 0 Å². The zero-order valence-corrected chi connectivity index (χ0v) is 88.2. The average Bonchev–Trinajstić information content (AvgIpc) is 1.54. The summed E-state index contributed by atoms with van der Waals surface area (Å²) < 4.78 is 30.2. The maximum Gasteiger partial charge on any atom is 0.344 e. The van der Waals surface area contributed by atoms with Crippen molar-refractivity contribution in [1.29, 1.82) is 0 Å². The molecule has 5 saturated heterocycles. The first-order chi connectivity index (χ1) is 74.0. The van der Waals surface area contributed by atoms with Crippen LogP contribution in [0.4, 0.5) is 0 Å². The summed E-state index contributed by atoms with van der Waals surface area (Å²) in [5.41, 5.74) is 11.1. The molecule has 5 fully saturated rings. The SMILES string of the molecule is O=C(Oc1ccc([S+]2CCCC2)c2ccccc12)C1=CCc2ccccc21.O=C(Oc1ccc([S+]2CCCC2)c2ccccc12)C1c2ccccc2C2C=CC=CC21.O=C(Oc1ccc([S+]2CCCC2)c2ccccc12)c1c2ccccc2cc2ccccc12.O=C(Oc1ccc([S+]2CCCCC2)c2ccccc12)C1=CCc2ccccc21.O=C(Oc1ccc([S+]2CCCCC2)c2ccccc12)C1c2ccccc2C2C=CC=CC21. The fourth-order valence-electron chi connectivity index (χ4n) is 24.3. The van der Waals surface area contributed by atoms with Gasteiger partial charge in [0.05, 0.1) is 28.5 Å². The van der Waals surface area contributed by atoms with Crippen molar-refractivity contribution in [3.05, 3.63) is 444 Å². The maximum atomic E-state index is 13.6. The topological polar surface area (TPSA) is 132 Å². The van der Waals surface area contributed by atoms with Crippen LogP contribution >= 0.6 is 0 Å². The summed E-state index contributed by atoms with van der Waals surface area (Å²) in [5.74, 6) is 15.2. The molecule has 0 bridgehead atoms. The van der Waals surface area contributed by atoms with E-state index in [1.165, 1.54) is 208 Å². The van der Waals surface area contributed by atoms with Crippen LogP contribution in [0.15, 0.2) is 419 Å². The molecular weight excluding hydrogens is 1940 g/mol. The van der Waals surface area contributed by atoms with Crippen molar-refractivity contribution < 1.29 is 47.7 Å². The van der Waals surface area contributed by atoms with Crippen molar-refractivity contribution in [2.45, 2.75) is 138 Å². The number of fused-ring (bicyclic) bond motifs is 15. The van der Waals surface area contributed by atoms with Gasteiger partial charge in [0.1, 0.15) is 86.3 Å². The summed E-state index contributed by atoms with van der Waals surface area (Å²) in [5, 5.41) is 15.3. The molecule has 17 aromatic rings. The molecule has 744 valence electrons. The fraction of sp³-hybridized carbons (Fsp3) is 0.222. The summed E-state index contributed by atoms with van der Waals surface area (Å²) in [6, 6.07) is 114. The average molecular weight is 2060 g/mol. The molecule has 0 aromatic heterocycles. The molecule has 6 atom stereocenters. The summed E-state index contributed by atoms with van der Waals surface area (Å²) >= 11 is 0. The standard InChI is InChI=1S/C29H27O2S.C29H23O2S.C28H25O2S.C25H23O2S.C24H21O2S/c30-29(28-24-14-6-2-10-20(24)21-11-3-7-15-25(21)28)31-26-16-17-27(32-18-8-1-9-19-32)23-13-5-4-12-22(23)26;30-29(28-22-11-3-1-9-20(22)19-21-10-2-4-12-23(21)28)31-26-15-16-27(32-17-7-8-18-32)25-14-6-5-13-24(25)26;29-28(27-23-13-5-1-9-19(23)20-10-2-6-14-24(20)27)30-25-15-16-26(31-17-7-8-18-31)22-12-4-3-11-21(22)25;26-25(22-13-12-18-8-2-3-9-19(18)22)27-23-14-15-24(28-16-6-1-7-17-28)21-11-5-4-10-20(21)23;25-24(21-12-11-17-7-1-2-8-18(17)21)26-22-13-14-23(27-15-5-6-16-27)20-10-4-3-9-19(20)22/h2-7,10-17,20,24,28H,1,8-9,18-19H2;1-6,9-16,19H,7-8,17-18H2;1-6,9-16,19,23,27H,7-8,17-18H2;2-5,8-11,13-15H,1,6-7,12,16-17H2;1-4,7-10,12-14H,5-6,11,15-16H2/q5*+1. The third-order valence-electron chi connectivity index (χ3n) is 31.6. The van der Waals surface area contributed by atoms with Gasteiger partial charge in [-0.1, -0.05) is 297 Å². The van der Waals surface area contributed by atoms with Gasteiger partial charge in [0.2, 0.25) is 0 Å². The number of ether oxygens (including phenoxy) is 5. The van der Waals surface area contributed by atoms with Crippen LogP contribution in [0, 0.1) is 11.8 Å². The van der Waals surface area contributed by atoms with Crippen LogP contribution in [0.1, 0.15) is 156 Å². The monoisotopic (exact) mass is 2060 g/mol. The highest BCUT2D eigenvalue weighted by atomic mass is 32.2. The maximum absolute atomic E-state index is 13.6. The lowest BCUT2D eigenvalue weighted by Crippen LogP contribution is -2.24. The van der Waals surface area contributed by atoms with E-state index in [2.05, 4.69) is 225 Å². The first-order valence-electron chi connectivity index (χ1n) is 53.5. The van der Waals surface area contributed by atoms with Gasteiger partial charge in [-0.15, -0.1) is 0 Å². The largest absolute Gasteiger partial charge is 0.425 e. The minimum atomic E-state index is -0.306. The molecule has 0 spiro atoms. The summed E-state index contributed by atoms with van der Waals surface area (Å²) in [7, 11) is 1.56. The van der Waals surface area contributed by atoms with Crippen molar-refractivity contribution in [2.75, 3.05) is 57.5 Å². The molecule has 5 heterocycles. The predicted octanol–water partition coefficient (Wildman–Crippen LogP) is 30.5. The van der Waals surface area contributed by atoms with Gasteiger partial charge in [-0.25, -0.2) is 14.4 Å². The first-order valence-corrected chi connectivity index (χ1v) is 61.3. The number of carbonyl (C=O) groups excluding carboxylic acids is 5. The Balaban J connectivity index is 0.0000000999. The second-order valence-corrected chi connectivity index (χ2v) is 51.6. The van der Waals surface area contributed by atoms with Crippen LogP contribution in [0.25, 0.3) is 86.6 Å². The van der Waals surface area contributed by atoms with E-state index in [1.807, 2.05) is 170 Å². The number of hydrogen-bond donors (Lipinski definition) is 0. The minimum absolute atomic E-state index is 0.124. The van der Waals surface area contributed by atoms with E-state index in [9.17, 15) is 24.0 Å². The molecule has 0 N–H and O–H groups in total. The molecule has 28 rings (SSSR count). The van der Waals surface area contributed by atoms with Crippen LogP contribution < -0.4 is 23.7 Å². The minimum Gasteiger partial charge on any atom is -0.425 e. The van der Waals surface area contributed by atoms with Gasteiger partial charge in [0, 0.05) is 132 Å². The van der Waals surface area contributed by atoms with E-state index in [0.29, 0.717) is 99.9 Å². The van der Waals surface area contributed by atoms with Gasteiger partial charge in [-0.2, -0.15) is 0 Å². The molecule has 150 heavy (non-hydrogen) atoms. The summed E-state index contributed by atoms with van der Waals surface area (Å²) in [6.07, 6.45) is 38.5. The van der Waals surface area contributed by atoms with Crippen molar-refractivity contribution in [1.82, 2.24) is 0 Å². The Labute approximate surface area is 892 Å². The van der Waals surface area contributed by atoms with Crippen LogP contribution in [-0.2, 0) is 86.5 Å². The van der Waals surface area contributed by atoms with Gasteiger partial charge in [0.15, 0.2) is 24.5 Å². The Morgan fingerprint density at radius 2 is 0.480 bits per heavy atom. The number of hydrogen-bond acceptors (Lipinski definition) is 10. The third-order valence-corrected chi connectivity index (χ3v) is 44.3. The summed E-state index contributed by atoms with van der Waals surface area (Å²) in [4.78, 5) is 73.7. The van der Waals surface area contributed by atoms with E-state index in [4.69, 9.17) is 23.7 Å². The normalized spacial score (nSPS) is 19.3. The molecule has 0 radical (unpaired) electrons. The lowest BCUT2D eigenvalue weighted by Gasteiger charge is -2.22. The van der Waals surface area contributed by atoms with Gasteiger partial charge >= 0.3 is 29.8 Å². The molecule has 10 nitrogen and oxygen atoms in total. The van der Waals surface area contributed by atoms with Gasteiger partial charge in [-0.3, -0.25) is 9.59 Å². The second-order valence-electron chi connectivity index (χ2n) is 40.4. The second kappa shape index (κ2) is 44.7. The molecule has 6 aliphatic carbocycles. The molecule has 17 aromatic carbocycles. The zero-order chi connectivity index (χ0) is 101. The highest BCUT2D eigenvalue weighted by Crippen LogP contribution is 2.54. The smallest absolute Gasteiger partial charge is 0.344 e. The molecular formula is C135H119O10S5+5. The third kappa shape index (κ3) is 19.9. The van der Waals surface area contributed by atoms with E-state index in [1.54, 1.807) is 0 Å². The highest BCUT2D eigenvalue weighted by molar-refractivity contribution is 7.98. The van der Waals surface area contributed by atoms with E-state index in [0.717, 1.165) is 83.6 Å². The molecule has 0 amide bonds. The van der Waals surface area contributed by atoms with Crippen molar-refractivity contribution in [3.8, 4) is 28.7 Å². The van der Waals surface area contributed by atoms with Crippen LogP contribution in [0.2, 0.25) is 0 Å². The van der Waals surface area contributed by atoms with Crippen LogP contribution in [-0.4, -0.2) is 87.4 Å². The molecule has 11 aliphatic rings. The van der Waals surface area contributed by atoms with Crippen LogP contribution in [0.3, 0.4) is 0 Å². The Bertz CT molecular complexity index is 8250.